The summed E-state index contributed by atoms with van der Waals surface area (Å²) in [5.74, 6) is -1.66. The van der Waals surface area contributed by atoms with E-state index >= 15 is 0 Å². The normalized spacial score (nSPS) is 19.6. The Morgan fingerprint density at radius 2 is 2.22 bits per heavy atom. The van der Waals surface area contributed by atoms with Crippen LogP contribution < -0.4 is 11.1 Å². The Hall–Kier alpha value is -2.85. The molecule has 0 radical (unpaired) electrons. The number of carboxylic acid groups (broad SMARTS) is 1. The lowest BCUT2D eigenvalue weighted by atomic mass is 10.0. The maximum atomic E-state index is 13.0. The average Bonchev–Trinajstić information content (AvgIpc) is 3.48. The van der Waals surface area contributed by atoms with Crippen LogP contribution in [0.5, 0.6) is 0 Å². The Morgan fingerprint density at radius 1 is 1.41 bits per heavy atom. The molecule has 2 aliphatic rings. The minimum absolute atomic E-state index is 0.0611. The van der Waals surface area contributed by atoms with Gasteiger partial charge in [0.2, 0.25) is 0 Å². The van der Waals surface area contributed by atoms with Crippen molar-refractivity contribution in [3.8, 4) is 0 Å². The van der Waals surface area contributed by atoms with Crippen molar-refractivity contribution in [1.29, 1.82) is 0 Å². The molecule has 16 heteroatoms. The lowest BCUT2D eigenvalue weighted by Gasteiger charge is -2.49. The van der Waals surface area contributed by atoms with Crippen molar-refractivity contribution in [2.24, 2.45) is 5.16 Å². The van der Waals surface area contributed by atoms with E-state index in [1.54, 1.807) is 17.5 Å². The Bertz CT molecular complexity index is 1490. The molecule has 0 bridgehead atoms. The molecule has 4 N–H and O–H groups in total. The van der Waals surface area contributed by atoms with Gasteiger partial charge >= 0.3 is 5.97 Å². The van der Waals surface area contributed by atoms with Crippen LogP contribution in [0.15, 0.2) is 44.3 Å². The van der Waals surface area contributed by atoms with E-state index < -0.39 is 29.2 Å². The molecule has 0 unspecified atom stereocenters. The van der Waals surface area contributed by atoms with E-state index in [1.165, 1.54) is 46.9 Å². The fourth-order valence-electron chi connectivity index (χ4n) is 3.79. The van der Waals surface area contributed by atoms with E-state index in [-0.39, 0.29) is 22.2 Å². The van der Waals surface area contributed by atoms with Crippen molar-refractivity contribution >= 4 is 96.6 Å². The first-order valence-corrected chi connectivity index (χ1v) is 14.6. The number of aliphatic carboxylic acids is 1. The zero-order valence-electron chi connectivity index (χ0n) is 18.8. The number of nitrogens with zero attached hydrogens (tertiary/aromatic N) is 4. The second-order valence-electron chi connectivity index (χ2n) is 7.69. The largest absolute Gasteiger partial charge is 0.477 e. The third-order valence-corrected chi connectivity index (χ3v) is 9.91. The number of aromatic nitrogens is 2. The highest BCUT2D eigenvalue weighted by Crippen LogP contribution is 2.42. The number of nitrogens with two attached hydrogens (primary N) is 1. The third-order valence-electron chi connectivity index (χ3n) is 5.40. The highest BCUT2D eigenvalue weighted by molar-refractivity contribution is 8.02. The predicted molar refractivity (Wildman–Crippen MR) is 145 cm³/mol. The first kappa shape index (κ1) is 25.8. The summed E-state index contributed by atoms with van der Waals surface area (Å²) in [5, 5.41) is 18.1. The molecule has 11 nitrogen and oxygen atoms in total. The molecule has 2 atom stereocenters. The summed E-state index contributed by atoms with van der Waals surface area (Å²) in [6.07, 6.45) is 0. The predicted octanol–water partition coefficient (Wildman–Crippen LogP) is 2.87. The van der Waals surface area contributed by atoms with Crippen LogP contribution in [0.3, 0.4) is 0 Å². The number of hydrogen-bond donors (Lipinski definition) is 3. The molecule has 2 amide bonds. The lowest BCUT2D eigenvalue weighted by Crippen LogP contribution is -2.71. The van der Waals surface area contributed by atoms with Gasteiger partial charge in [-0.25, -0.2) is 14.8 Å². The summed E-state index contributed by atoms with van der Waals surface area (Å²) in [6.45, 7) is 0. The Kier molecular flexibility index (Phi) is 7.31. The number of carbonyl (C=O) groups is 3. The van der Waals surface area contributed by atoms with Crippen LogP contribution in [0, 0.1) is 0 Å². The van der Waals surface area contributed by atoms with Crippen LogP contribution >= 0.6 is 57.8 Å². The number of nitrogens with one attached hydrogen (secondary N) is 1. The van der Waals surface area contributed by atoms with Crippen LogP contribution in [-0.4, -0.2) is 73.5 Å². The minimum atomic E-state index is -1.20. The van der Waals surface area contributed by atoms with Crippen LogP contribution in [0.4, 0.5) is 5.13 Å². The standard InChI is InChI=1S/C21H17ClN6O5S4/c1-33-27-13(11-7-35-20(23)24-11)16(29)26-14-17(30)28-15(19(31)32)8(5-34-18(14)28)6-36-21-25-10-4-9(22)2-3-12(10)37-21/h2-4,7,14,18H,5-6H2,1H3,(H2,23,24)(H,26,29)(H,31,32)/t14-,18+/m1/s1. The number of nitrogen functional groups attached to an aromatic ring is 1. The maximum Gasteiger partial charge on any atom is 0.352 e. The number of carbonyl (C=O) groups excluding carboxylic acids is 2. The molecule has 3 aromatic rings. The zero-order chi connectivity index (χ0) is 26.3. The quantitative estimate of drug-likeness (QED) is 0.153. The molecule has 0 aliphatic carbocycles. The second-order valence-corrected chi connectivity index (χ2v) is 12.4. The SMILES string of the molecule is CON=C(C(=O)N[C@@H]1C(=O)N2C(C(=O)O)=C(CSc3nc4cc(Cl)ccc4s3)CS[C@@H]12)c1csc(N)n1. The van der Waals surface area contributed by atoms with Crippen molar-refractivity contribution in [1.82, 2.24) is 20.2 Å². The molecule has 1 fully saturated rings. The molecule has 2 aromatic heterocycles. The summed E-state index contributed by atoms with van der Waals surface area (Å²) in [6, 6.07) is 4.54. The molecule has 1 aromatic carbocycles. The molecule has 0 saturated carbocycles. The lowest BCUT2D eigenvalue weighted by molar-refractivity contribution is -0.150. The molecule has 37 heavy (non-hydrogen) atoms. The highest BCUT2D eigenvalue weighted by atomic mass is 35.5. The van der Waals surface area contributed by atoms with Gasteiger partial charge in [-0.1, -0.05) is 28.5 Å². The number of rotatable bonds is 8. The number of hydrogen-bond acceptors (Lipinski definition) is 12. The Morgan fingerprint density at radius 3 is 2.92 bits per heavy atom. The summed E-state index contributed by atoms with van der Waals surface area (Å²) in [4.78, 5) is 52.6. The van der Waals surface area contributed by atoms with Crippen molar-refractivity contribution in [3.05, 3.63) is 45.6 Å². The van der Waals surface area contributed by atoms with E-state index in [0.717, 1.165) is 25.9 Å². The van der Waals surface area contributed by atoms with Crippen molar-refractivity contribution in [2.75, 3.05) is 24.3 Å². The summed E-state index contributed by atoms with van der Waals surface area (Å²) < 4.78 is 1.75. The van der Waals surface area contributed by atoms with Crippen molar-refractivity contribution in [3.63, 3.8) is 0 Å². The number of thioether (sulfide) groups is 2. The zero-order valence-corrected chi connectivity index (χ0v) is 22.9. The number of amides is 2. The van der Waals surface area contributed by atoms with Gasteiger partial charge in [0.25, 0.3) is 11.8 Å². The molecular weight excluding hydrogens is 580 g/mol. The van der Waals surface area contributed by atoms with Crippen molar-refractivity contribution in [2.45, 2.75) is 15.8 Å². The number of anilines is 1. The van der Waals surface area contributed by atoms with Gasteiger partial charge in [0, 0.05) is 21.9 Å². The van der Waals surface area contributed by atoms with Gasteiger partial charge in [-0.15, -0.1) is 34.4 Å². The monoisotopic (exact) mass is 596 g/mol. The fourth-order valence-corrected chi connectivity index (χ4v) is 8.03. The van der Waals surface area contributed by atoms with Gasteiger partial charge in [-0.3, -0.25) is 14.5 Å². The van der Waals surface area contributed by atoms with Crippen LogP contribution in [0.1, 0.15) is 5.69 Å². The van der Waals surface area contributed by atoms with Crippen molar-refractivity contribution < 1.29 is 24.3 Å². The van der Waals surface area contributed by atoms with Gasteiger partial charge < -0.3 is 21.0 Å². The summed E-state index contributed by atoms with van der Waals surface area (Å²) >= 11 is 11.4. The third kappa shape index (κ3) is 5.01. The van der Waals surface area contributed by atoms with E-state index in [4.69, 9.17) is 22.2 Å². The second kappa shape index (κ2) is 10.5. The van der Waals surface area contributed by atoms with E-state index in [1.807, 2.05) is 6.07 Å². The van der Waals surface area contributed by atoms with E-state index in [2.05, 4.69) is 20.4 Å². The number of β-lactam (4-membered cyclic amide) rings is 1. The molecule has 192 valence electrons. The number of benzene rings is 1. The number of carboxylic acids is 1. The number of fused-ring (bicyclic) bond motifs is 2. The number of halogens is 1. The molecule has 2 aliphatic heterocycles. The van der Waals surface area contributed by atoms with E-state index in [9.17, 15) is 19.5 Å². The first-order valence-electron chi connectivity index (χ1n) is 10.5. The molecule has 1 saturated heterocycles. The average molecular weight is 597 g/mol. The van der Waals surface area contributed by atoms with Crippen LogP contribution in [0.25, 0.3) is 10.2 Å². The summed E-state index contributed by atoms with van der Waals surface area (Å²) in [7, 11) is 1.28. The van der Waals surface area contributed by atoms with Gasteiger partial charge in [0.05, 0.1) is 10.2 Å². The summed E-state index contributed by atoms with van der Waals surface area (Å²) in [5.41, 5.74) is 7.05. The molecule has 0 spiro atoms. The van der Waals surface area contributed by atoms with Gasteiger partial charge in [0.15, 0.2) is 15.2 Å². The fraction of sp³-hybridized carbons (Fsp3) is 0.238. The van der Waals surface area contributed by atoms with Gasteiger partial charge in [-0.2, -0.15) is 0 Å². The number of thiazole rings is 2. The molecular formula is C21H17ClN6O5S4. The van der Waals surface area contributed by atoms with Gasteiger partial charge in [0.1, 0.15) is 29.9 Å². The van der Waals surface area contributed by atoms with E-state index in [0.29, 0.717) is 22.1 Å². The van der Waals surface area contributed by atoms with Gasteiger partial charge in [-0.05, 0) is 23.8 Å². The minimum Gasteiger partial charge on any atom is -0.477 e. The smallest absolute Gasteiger partial charge is 0.352 e. The van der Waals surface area contributed by atoms with Crippen LogP contribution in [-0.2, 0) is 19.2 Å². The Labute approximate surface area is 231 Å². The topological polar surface area (TPSA) is 160 Å². The molecule has 4 heterocycles. The number of oxime groups is 1. The van der Waals surface area contributed by atoms with Crippen LogP contribution in [0.2, 0.25) is 5.02 Å². The maximum absolute atomic E-state index is 13.0. The first-order chi connectivity index (χ1) is 17.8. The molecule has 5 rings (SSSR count). The Balaban J connectivity index is 1.31. The highest BCUT2D eigenvalue weighted by Gasteiger charge is 2.54.